The molecular formula is C26H24N2O2. The maximum absolute atomic E-state index is 13.5. The van der Waals surface area contributed by atoms with E-state index < -0.39 is 6.04 Å². The number of phenols is 1. The first kappa shape index (κ1) is 18.5. The number of anilines is 2. The van der Waals surface area contributed by atoms with E-state index in [4.69, 9.17) is 0 Å². The van der Waals surface area contributed by atoms with E-state index in [2.05, 4.69) is 41.8 Å². The van der Waals surface area contributed by atoms with Gasteiger partial charge in [0, 0.05) is 23.3 Å². The number of para-hydroxylation sites is 3. The van der Waals surface area contributed by atoms with E-state index in [0.29, 0.717) is 12.0 Å². The van der Waals surface area contributed by atoms with E-state index in [0.717, 1.165) is 29.1 Å². The highest BCUT2D eigenvalue weighted by Crippen LogP contribution is 2.45. The van der Waals surface area contributed by atoms with E-state index in [1.54, 1.807) is 12.1 Å². The van der Waals surface area contributed by atoms with Gasteiger partial charge in [-0.1, -0.05) is 60.2 Å². The fraction of sp³-hybridized carbons (Fsp3) is 0.192. The predicted octanol–water partition coefficient (Wildman–Crippen LogP) is 5.68. The highest BCUT2D eigenvalue weighted by molar-refractivity contribution is 6.01. The van der Waals surface area contributed by atoms with Gasteiger partial charge in [-0.2, -0.15) is 0 Å². The lowest BCUT2D eigenvalue weighted by molar-refractivity contribution is -0.116. The molecule has 5 rings (SSSR count). The SMILES string of the molecule is Cc1ccc(C2CC(=O)C3=C(C2)Nc2ccccc2NC3c2ccccc2O)cc1. The Morgan fingerprint density at radius 2 is 1.57 bits per heavy atom. The Kier molecular flexibility index (Phi) is 4.55. The minimum atomic E-state index is -0.399. The molecule has 2 unspecified atom stereocenters. The minimum absolute atomic E-state index is 0.114. The number of fused-ring (bicyclic) bond motifs is 1. The molecule has 30 heavy (non-hydrogen) atoms. The van der Waals surface area contributed by atoms with Gasteiger partial charge in [-0.3, -0.25) is 4.79 Å². The summed E-state index contributed by atoms with van der Waals surface area (Å²) in [4.78, 5) is 13.5. The van der Waals surface area contributed by atoms with Gasteiger partial charge in [0.2, 0.25) is 0 Å². The van der Waals surface area contributed by atoms with Gasteiger partial charge in [0.25, 0.3) is 0 Å². The van der Waals surface area contributed by atoms with Crippen LogP contribution in [0.3, 0.4) is 0 Å². The Bertz CT molecular complexity index is 1150. The molecule has 0 saturated heterocycles. The first-order valence-electron chi connectivity index (χ1n) is 10.3. The van der Waals surface area contributed by atoms with Crippen molar-refractivity contribution in [3.63, 3.8) is 0 Å². The zero-order valence-corrected chi connectivity index (χ0v) is 16.9. The second-order valence-electron chi connectivity index (χ2n) is 8.14. The van der Waals surface area contributed by atoms with Crippen molar-refractivity contribution in [2.45, 2.75) is 31.7 Å². The largest absolute Gasteiger partial charge is 0.508 e. The molecule has 3 aromatic rings. The monoisotopic (exact) mass is 396 g/mol. The number of hydrogen-bond acceptors (Lipinski definition) is 4. The van der Waals surface area contributed by atoms with Crippen LogP contribution in [0.2, 0.25) is 0 Å². The van der Waals surface area contributed by atoms with Crippen LogP contribution in [0, 0.1) is 6.92 Å². The van der Waals surface area contributed by atoms with Gasteiger partial charge in [-0.25, -0.2) is 0 Å². The smallest absolute Gasteiger partial charge is 0.163 e. The summed E-state index contributed by atoms with van der Waals surface area (Å²) in [5.74, 6) is 0.442. The molecule has 4 heteroatoms. The zero-order valence-electron chi connectivity index (χ0n) is 16.9. The average Bonchev–Trinajstić information content (AvgIpc) is 2.91. The van der Waals surface area contributed by atoms with Gasteiger partial charge in [0.1, 0.15) is 5.75 Å². The third kappa shape index (κ3) is 3.24. The summed E-state index contributed by atoms with van der Waals surface area (Å²) < 4.78 is 0. The van der Waals surface area contributed by atoms with Gasteiger partial charge in [-0.05, 0) is 43.0 Å². The molecule has 0 bridgehead atoms. The third-order valence-corrected chi connectivity index (χ3v) is 6.11. The van der Waals surface area contributed by atoms with Gasteiger partial charge in [0.15, 0.2) is 5.78 Å². The molecule has 0 saturated carbocycles. The number of rotatable bonds is 2. The summed E-state index contributed by atoms with van der Waals surface area (Å²) >= 11 is 0. The molecule has 0 aromatic heterocycles. The van der Waals surface area contributed by atoms with Gasteiger partial charge in [-0.15, -0.1) is 0 Å². The van der Waals surface area contributed by atoms with Crippen LogP contribution in [0.1, 0.15) is 41.5 Å². The Labute approximate surface area is 176 Å². The fourth-order valence-electron chi connectivity index (χ4n) is 4.53. The first-order chi connectivity index (χ1) is 14.6. The lowest BCUT2D eigenvalue weighted by atomic mass is 9.78. The number of hydrogen-bond donors (Lipinski definition) is 3. The van der Waals surface area contributed by atoms with Crippen LogP contribution in [0.5, 0.6) is 5.75 Å². The van der Waals surface area contributed by atoms with E-state index >= 15 is 0 Å². The summed E-state index contributed by atoms with van der Waals surface area (Å²) in [6.45, 7) is 2.07. The molecule has 2 atom stereocenters. The number of carbonyl (C=O) groups excluding carboxylic acids is 1. The van der Waals surface area contributed by atoms with Crippen molar-refractivity contribution in [3.05, 3.63) is 101 Å². The highest BCUT2D eigenvalue weighted by Gasteiger charge is 2.36. The van der Waals surface area contributed by atoms with Crippen molar-refractivity contribution in [3.8, 4) is 5.75 Å². The van der Waals surface area contributed by atoms with Crippen molar-refractivity contribution in [1.29, 1.82) is 0 Å². The number of allylic oxidation sites excluding steroid dienone is 1. The Hall–Kier alpha value is -3.53. The number of carbonyl (C=O) groups is 1. The molecule has 4 nitrogen and oxygen atoms in total. The number of phenolic OH excluding ortho intramolecular Hbond substituents is 1. The van der Waals surface area contributed by atoms with Crippen molar-refractivity contribution >= 4 is 17.2 Å². The Balaban J connectivity index is 1.62. The topological polar surface area (TPSA) is 61.4 Å². The standard InChI is InChI=1S/C26H24N2O2/c1-16-10-12-17(13-11-16)18-14-22-25(24(30)15-18)26(19-6-2-5-9-23(19)29)28-21-8-4-3-7-20(21)27-22/h2-13,18,26-29H,14-15H2,1H3. The first-order valence-corrected chi connectivity index (χ1v) is 10.3. The molecule has 0 amide bonds. The second-order valence-corrected chi connectivity index (χ2v) is 8.14. The normalized spacial score (nSPS) is 20.5. The van der Waals surface area contributed by atoms with Crippen molar-refractivity contribution in [2.75, 3.05) is 10.6 Å². The zero-order chi connectivity index (χ0) is 20.7. The predicted molar refractivity (Wildman–Crippen MR) is 120 cm³/mol. The second kappa shape index (κ2) is 7.38. The number of aryl methyl sites for hydroxylation is 1. The Morgan fingerprint density at radius 1 is 0.867 bits per heavy atom. The van der Waals surface area contributed by atoms with Crippen LogP contribution in [0.15, 0.2) is 84.1 Å². The van der Waals surface area contributed by atoms with Crippen molar-refractivity contribution in [1.82, 2.24) is 0 Å². The average molecular weight is 396 g/mol. The number of nitrogens with one attached hydrogen (secondary N) is 2. The number of benzene rings is 3. The van der Waals surface area contributed by atoms with E-state index in [1.807, 2.05) is 36.4 Å². The lowest BCUT2D eigenvalue weighted by Gasteiger charge is -2.30. The quantitative estimate of drug-likeness (QED) is 0.521. The van der Waals surface area contributed by atoms with Gasteiger partial charge in [0.05, 0.1) is 17.4 Å². The number of ketones is 1. The van der Waals surface area contributed by atoms with Crippen molar-refractivity contribution in [2.24, 2.45) is 0 Å². The van der Waals surface area contributed by atoms with E-state index in [9.17, 15) is 9.90 Å². The molecule has 0 fully saturated rings. The van der Waals surface area contributed by atoms with Crippen LogP contribution >= 0.6 is 0 Å². The molecule has 0 spiro atoms. The van der Waals surface area contributed by atoms with Crippen LogP contribution < -0.4 is 10.6 Å². The highest BCUT2D eigenvalue weighted by atomic mass is 16.3. The van der Waals surface area contributed by atoms with E-state index in [1.165, 1.54) is 11.1 Å². The molecule has 1 heterocycles. The number of Topliss-reactive ketones (excluding diaryl/α,β-unsaturated/α-hetero) is 1. The molecule has 3 aromatic carbocycles. The number of aromatic hydroxyl groups is 1. The molecular weight excluding hydrogens is 372 g/mol. The van der Waals surface area contributed by atoms with Crippen LogP contribution in [-0.4, -0.2) is 10.9 Å². The van der Waals surface area contributed by atoms with Crippen molar-refractivity contribution < 1.29 is 9.90 Å². The van der Waals surface area contributed by atoms with Crippen LogP contribution in [0.25, 0.3) is 0 Å². The fourth-order valence-corrected chi connectivity index (χ4v) is 4.53. The minimum Gasteiger partial charge on any atom is -0.508 e. The molecule has 150 valence electrons. The molecule has 1 aliphatic heterocycles. The molecule has 2 aliphatic rings. The summed E-state index contributed by atoms with van der Waals surface area (Å²) in [7, 11) is 0. The maximum atomic E-state index is 13.5. The van der Waals surface area contributed by atoms with Crippen LogP contribution in [-0.2, 0) is 4.79 Å². The summed E-state index contributed by atoms with van der Waals surface area (Å²) in [6, 6.07) is 23.3. The summed E-state index contributed by atoms with van der Waals surface area (Å²) in [6.07, 6.45) is 1.22. The summed E-state index contributed by atoms with van der Waals surface area (Å²) in [5.41, 5.74) is 6.63. The maximum Gasteiger partial charge on any atom is 0.163 e. The van der Waals surface area contributed by atoms with Gasteiger partial charge < -0.3 is 15.7 Å². The third-order valence-electron chi connectivity index (χ3n) is 6.11. The van der Waals surface area contributed by atoms with Gasteiger partial charge >= 0.3 is 0 Å². The molecule has 1 aliphatic carbocycles. The summed E-state index contributed by atoms with van der Waals surface area (Å²) in [5, 5.41) is 17.6. The van der Waals surface area contributed by atoms with Crippen LogP contribution in [0.4, 0.5) is 11.4 Å². The molecule has 3 N–H and O–H groups in total. The van der Waals surface area contributed by atoms with E-state index in [-0.39, 0.29) is 17.5 Å². The lowest BCUT2D eigenvalue weighted by Crippen LogP contribution is -2.26. The molecule has 0 radical (unpaired) electrons. The Morgan fingerprint density at radius 3 is 2.33 bits per heavy atom.